The van der Waals surface area contributed by atoms with Crippen molar-refractivity contribution < 1.29 is 9.90 Å². The lowest BCUT2D eigenvalue weighted by molar-refractivity contribution is -0.133. The molecular formula is C12H16N2O3S2. The van der Waals surface area contributed by atoms with Crippen LogP contribution < -0.4 is 5.56 Å². The van der Waals surface area contributed by atoms with Crippen LogP contribution in [0.2, 0.25) is 0 Å². The number of carboxylic acids is 1. The van der Waals surface area contributed by atoms with E-state index in [1.54, 1.807) is 6.20 Å². The van der Waals surface area contributed by atoms with Crippen LogP contribution in [0, 0.1) is 0 Å². The molecule has 1 fully saturated rings. The molecule has 1 aromatic heterocycles. The maximum atomic E-state index is 11.3. The number of nitrogens with zero attached hydrogens (tertiary/aromatic N) is 2. The molecule has 0 amide bonds. The first-order valence-corrected chi connectivity index (χ1v) is 8.02. The standard InChI is InChI=1S/C12H16N2O3S2/c1-12(4-2-6-19-12)8-14-5-3-9(15)13-11(14)18-7-10(16)17/h3,5H,2,4,6-8H2,1H3,(H,16,17). The van der Waals surface area contributed by atoms with Crippen LogP contribution in [-0.4, -0.2) is 36.9 Å². The van der Waals surface area contributed by atoms with Gasteiger partial charge in [-0.05, 0) is 25.5 Å². The Balaban J connectivity index is 2.18. The van der Waals surface area contributed by atoms with Gasteiger partial charge in [-0.1, -0.05) is 11.8 Å². The zero-order valence-electron chi connectivity index (χ0n) is 10.7. The van der Waals surface area contributed by atoms with E-state index in [9.17, 15) is 9.59 Å². The summed E-state index contributed by atoms with van der Waals surface area (Å²) in [4.78, 5) is 25.9. The molecule has 1 aliphatic rings. The molecule has 0 spiro atoms. The lowest BCUT2D eigenvalue weighted by Gasteiger charge is -2.25. The first-order valence-electron chi connectivity index (χ1n) is 6.05. The number of aliphatic carboxylic acids is 1. The van der Waals surface area contributed by atoms with E-state index in [1.165, 1.54) is 12.5 Å². The van der Waals surface area contributed by atoms with Crippen molar-refractivity contribution in [1.29, 1.82) is 0 Å². The normalized spacial score (nSPS) is 22.6. The van der Waals surface area contributed by atoms with Crippen LogP contribution >= 0.6 is 23.5 Å². The van der Waals surface area contributed by atoms with Crippen LogP contribution in [-0.2, 0) is 11.3 Å². The van der Waals surface area contributed by atoms with Gasteiger partial charge in [-0.2, -0.15) is 16.7 Å². The van der Waals surface area contributed by atoms with Gasteiger partial charge in [-0.25, -0.2) is 0 Å². The first kappa shape index (κ1) is 14.5. The third-order valence-electron chi connectivity index (χ3n) is 2.98. The summed E-state index contributed by atoms with van der Waals surface area (Å²) in [5.41, 5.74) is -0.326. The zero-order valence-corrected chi connectivity index (χ0v) is 12.3. The number of carbonyl (C=O) groups is 1. The maximum absolute atomic E-state index is 11.3. The Morgan fingerprint density at radius 3 is 3.11 bits per heavy atom. The highest BCUT2D eigenvalue weighted by Gasteiger charge is 2.30. The van der Waals surface area contributed by atoms with Gasteiger partial charge in [-0.15, -0.1) is 0 Å². The second-order valence-electron chi connectivity index (χ2n) is 4.76. The van der Waals surface area contributed by atoms with Gasteiger partial charge in [-0.3, -0.25) is 9.59 Å². The summed E-state index contributed by atoms with van der Waals surface area (Å²) in [5.74, 6) is 0.165. The zero-order chi connectivity index (χ0) is 13.9. The van der Waals surface area contributed by atoms with Gasteiger partial charge in [0.05, 0.1) is 5.75 Å². The van der Waals surface area contributed by atoms with Crippen LogP contribution in [0.1, 0.15) is 19.8 Å². The van der Waals surface area contributed by atoms with Crippen LogP contribution in [0.5, 0.6) is 0 Å². The summed E-state index contributed by atoms with van der Waals surface area (Å²) in [5, 5.41) is 9.22. The topological polar surface area (TPSA) is 72.2 Å². The van der Waals surface area contributed by atoms with Crippen LogP contribution in [0.15, 0.2) is 22.2 Å². The van der Waals surface area contributed by atoms with E-state index >= 15 is 0 Å². The van der Waals surface area contributed by atoms with Crippen molar-refractivity contribution in [3.05, 3.63) is 22.6 Å². The molecule has 0 saturated carbocycles. The van der Waals surface area contributed by atoms with E-state index in [1.807, 2.05) is 16.3 Å². The number of hydrogen-bond acceptors (Lipinski definition) is 5. The van der Waals surface area contributed by atoms with E-state index in [0.29, 0.717) is 5.16 Å². The highest BCUT2D eigenvalue weighted by atomic mass is 32.2. The van der Waals surface area contributed by atoms with Crippen molar-refractivity contribution in [2.24, 2.45) is 0 Å². The van der Waals surface area contributed by atoms with E-state index in [-0.39, 0.29) is 16.1 Å². The van der Waals surface area contributed by atoms with Crippen molar-refractivity contribution in [2.75, 3.05) is 11.5 Å². The Hall–Kier alpha value is -0.950. The summed E-state index contributed by atoms with van der Waals surface area (Å²) < 4.78 is 2.04. The van der Waals surface area contributed by atoms with Gasteiger partial charge in [0.2, 0.25) is 0 Å². The molecule has 2 rings (SSSR count). The minimum absolute atomic E-state index is 0.0830. The monoisotopic (exact) mass is 300 g/mol. The fourth-order valence-electron chi connectivity index (χ4n) is 2.10. The molecule has 0 aromatic carbocycles. The Kier molecular flexibility index (Phi) is 4.57. The number of thioether (sulfide) groups is 2. The molecule has 19 heavy (non-hydrogen) atoms. The minimum atomic E-state index is -0.906. The van der Waals surface area contributed by atoms with Crippen molar-refractivity contribution in [1.82, 2.24) is 9.55 Å². The van der Waals surface area contributed by atoms with Gasteiger partial charge in [0.1, 0.15) is 0 Å². The minimum Gasteiger partial charge on any atom is -0.481 e. The number of aromatic nitrogens is 2. The molecule has 7 heteroatoms. The van der Waals surface area contributed by atoms with Gasteiger partial charge in [0.25, 0.3) is 5.56 Å². The van der Waals surface area contributed by atoms with Crippen molar-refractivity contribution in [3.8, 4) is 0 Å². The van der Waals surface area contributed by atoms with E-state index < -0.39 is 5.97 Å². The Morgan fingerprint density at radius 2 is 2.47 bits per heavy atom. The predicted molar refractivity (Wildman–Crippen MR) is 77.0 cm³/mol. The number of rotatable bonds is 5. The van der Waals surface area contributed by atoms with Gasteiger partial charge >= 0.3 is 5.97 Å². The van der Waals surface area contributed by atoms with Crippen molar-refractivity contribution in [3.63, 3.8) is 0 Å². The molecular weight excluding hydrogens is 284 g/mol. The quantitative estimate of drug-likeness (QED) is 0.659. The molecule has 1 N–H and O–H groups in total. The molecule has 104 valence electrons. The molecule has 1 unspecified atom stereocenters. The van der Waals surface area contributed by atoms with E-state index in [4.69, 9.17) is 5.11 Å². The predicted octanol–water partition coefficient (Wildman–Crippen LogP) is 1.71. The largest absolute Gasteiger partial charge is 0.481 e. The first-order chi connectivity index (χ1) is 8.98. The van der Waals surface area contributed by atoms with E-state index in [0.717, 1.165) is 30.5 Å². The maximum Gasteiger partial charge on any atom is 0.313 e. The smallest absolute Gasteiger partial charge is 0.313 e. The molecule has 1 atom stereocenters. The molecule has 1 aliphatic heterocycles. The van der Waals surface area contributed by atoms with Crippen molar-refractivity contribution in [2.45, 2.75) is 36.2 Å². The summed E-state index contributed by atoms with van der Waals surface area (Å²) in [6.45, 7) is 2.96. The molecule has 5 nitrogen and oxygen atoms in total. The Bertz CT molecular complexity index is 524. The summed E-state index contributed by atoms with van der Waals surface area (Å²) >= 11 is 3.02. The SMILES string of the molecule is CC1(Cn2ccc(=O)nc2SCC(=O)O)CCCS1. The lowest BCUT2D eigenvalue weighted by Crippen LogP contribution is -2.26. The van der Waals surface area contributed by atoms with Gasteiger partial charge in [0.15, 0.2) is 5.16 Å². The summed E-state index contributed by atoms with van der Waals surface area (Å²) in [6, 6.07) is 1.42. The Labute approximate surface area is 119 Å². The highest BCUT2D eigenvalue weighted by Crippen LogP contribution is 2.39. The number of hydrogen-bond donors (Lipinski definition) is 1. The molecule has 0 radical (unpaired) electrons. The number of carboxylic acid groups (broad SMARTS) is 1. The molecule has 1 aromatic rings. The Morgan fingerprint density at radius 1 is 1.68 bits per heavy atom. The average Bonchev–Trinajstić information content (AvgIpc) is 2.76. The van der Waals surface area contributed by atoms with Crippen LogP contribution in [0.25, 0.3) is 0 Å². The average molecular weight is 300 g/mol. The second-order valence-corrected chi connectivity index (χ2v) is 7.39. The third-order valence-corrected chi connectivity index (χ3v) is 5.48. The van der Waals surface area contributed by atoms with Crippen LogP contribution in [0.4, 0.5) is 0 Å². The van der Waals surface area contributed by atoms with Crippen LogP contribution in [0.3, 0.4) is 0 Å². The summed E-state index contributed by atoms with van der Waals surface area (Å²) in [6.07, 6.45) is 4.04. The van der Waals surface area contributed by atoms with Crippen molar-refractivity contribution >= 4 is 29.5 Å². The molecule has 2 heterocycles. The third kappa shape index (κ3) is 4.01. The van der Waals surface area contributed by atoms with Gasteiger partial charge < -0.3 is 9.67 Å². The van der Waals surface area contributed by atoms with E-state index in [2.05, 4.69) is 11.9 Å². The lowest BCUT2D eigenvalue weighted by atomic mass is 10.1. The summed E-state index contributed by atoms with van der Waals surface area (Å²) in [7, 11) is 0. The highest BCUT2D eigenvalue weighted by molar-refractivity contribution is 8.00. The molecule has 1 saturated heterocycles. The fraction of sp³-hybridized carbons (Fsp3) is 0.583. The second kappa shape index (κ2) is 6.00. The molecule has 0 bridgehead atoms. The van der Waals surface area contributed by atoms with Gasteiger partial charge in [0, 0.05) is 23.6 Å². The molecule has 0 aliphatic carbocycles. The fourth-order valence-corrected chi connectivity index (χ4v) is 4.10.